The number of nitrogens with one attached hydrogen (secondary N) is 1. The largest absolute Gasteiger partial charge is 0.449 e. The van der Waals surface area contributed by atoms with Crippen LogP contribution in [0, 0.1) is 17.2 Å². The second-order valence-electron chi connectivity index (χ2n) is 7.85. The summed E-state index contributed by atoms with van der Waals surface area (Å²) >= 11 is 0. The van der Waals surface area contributed by atoms with E-state index in [1.807, 2.05) is 56.4 Å². The van der Waals surface area contributed by atoms with Crippen LogP contribution in [0.4, 0.5) is 4.79 Å². The lowest BCUT2D eigenvalue weighted by Gasteiger charge is -2.26. The van der Waals surface area contributed by atoms with Crippen LogP contribution >= 0.6 is 0 Å². The fourth-order valence-electron chi connectivity index (χ4n) is 3.64. The quantitative estimate of drug-likeness (QED) is 0.669. The number of H-pyrrole nitrogens is 1. The fraction of sp³-hybridized carbons (Fsp3) is 0.292. The molecule has 0 radical (unpaired) electrons. The summed E-state index contributed by atoms with van der Waals surface area (Å²) in [6, 6.07) is 14.1. The number of benzene rings is 1. The van der Waals surface area contributed by atoms with Gasteiger partial charge in [-0.15, -0.1) is 0 Å². The summed E-state index contributed by atoms with van der Waals surface area (Å²) in [7, 11) is 0. The average molecular weight is 400 g/mol. The summed E-state index contributed by atoms with van der Waals surface area (Å²) in [5, 5.41) is 10.6. The monoisotopic (exact) mass is 400 g/mol. The van der Waals surface area contributed by atoms with Gasteiger partial charge in [0.2, 0.25) is 0 Å². The third-order valence-electron chi connectivity index (χ3n) is 5.20. The zero-order chi connectivity index (χ0) is 21.1. The van der Waals surface area contributed by atoms with E-state index in [2.05, 4.69) is 22.1 Å². The highest BCUT2D eigenvalue weighted by atomic mass is 16.6. The number of nitriles is 1. The maximum atomic E-state index is 12.2. The molecule has 0 saturated heterocycles. The topological polar surface area (TPSA) is 82.0 Å². The Labute approximate surface area is 175 Å². The molecular formula is C24H24N4O2. The van der Waals surface area contributed by atoms with Gasteiger partial charge in [0.15, 0.2) is 5.69 Å². The zero-order valence-corrected chi connectivity index (χ0v) is 17.2. The van der Waals surface area contributed by atoms with Gasteiger partial charge in [0, 0.05) is 35.8 Å². The van der Waals surface area contributed by atoms with Gasteiger partial charge in [0.25, 0.3) is 0 Å². The predicted molar refractivity (Wildman–Crippen MR) is 117 cm³/mol. The first-order valence-electron chi connectivity index (χ1n) is 10.2. The maximum absolute atomic E-state index is 12.2. The summed E-state index contributed by atoms with van der Waals surface area (Å²) in [6.07, 6.45) is 4.47. The van der Waals surface area contributed by atoms with Crippen LogP contribution < -0.4 is 0 Å². The molecule has 0 atom stereocenters. The molecule has 0 spiro atoms. The Kier molecular flexibility index (Phi) is 5.53. The Morgan fingerprint density at radius 2 is 2.13 bits per heavy atom. The minimum Gasteiger partial charge on any atom is -0.449 e. The number of fused-ring (bicyclic) bond motifs is 1. The van der Waals surface area contributed by atoms with Crippen molar-refractivity contribution in [1.82, 2.24) is 14.9 Å². The van der Waals surface area contributed by atoms with E-state index >= 15 is 0 Å². The highest BCUT2D eigenvalue weighted by molar-refractivity contribution is 5.97. The van der Waals surface area contributed by atoms with Crippen LogP contribution in [0.5, 0.6) is 0 Å². The number of hydrogen-bond acceptors (Lipinski definition) is 4. The van der Waals surface area contributed by atoms with Crippen LogP contribution in [0.15, 0.2) is 48.7 Å². The number of rotatable bonds is 4. The number of hydrogen-bond donors (Lipinski definition) is 1. The van der Waals surface area contributed by atoms with Crippen LogP contribution in [0.1, 0.15) is 31.5 Å². The molecule has 0 saturated carbocycles. The van der Waals surface area contributed by atoms with E-state index in [-0.39, 0.29) is 6.09 Å². The number of aromatic nitrogens is 2. The standard InChI is InChI=1S/C24H24N4O2/c1-16(2)15-30-24(29)28-10-8-17(9-11-28)20-14-26-23-19(20)12-21(27-22(23)13-25)18-6-4-3-5-7-18/h3-8,12,14,16,26H,9-11,15H2,1-2H3. The van der Waals surface area contributed by atoms with Crippen molar-refractivity contribution in [1.29, 1.82) is 5.26 Å². The number of amides is 1. The Bertz CT molecular complexity index is 1140. The van der Waals surface area contributed by atoms with Gasteiger partial charge in [-0.2, -0.15) is 5.26 Å². The lowest BCUT2D eigenvalue weighted by Crippen LogP contribution is -2.35. The van der Waals surface area contributed by atoms with Crippen molar-refractivity contribution in [2.45, 2.75) is 20.3 Å². The molecule has 1 aliphatic rings. The Hall–Kier alpha value is -3.59. The summed E-state index contributed by atoms with van der Waals surface area (Å²) in [4.78, 5) is 21.7. The van der Waals surface area contributed by atoms with Crippen LogP contribution in [-0.4, -0.2) is 40.7 Å². The Balaban J connectivity index is 1.64. The molecule has 0 aliphatic carbocycles. The smallest absolute Gasteiger partial charge is 0.410 e. The summed E-state index contributed by atoms with van der Waals surface area (Å²) in [5.74, 6) is 0.317. The summed E-state index contributed by atoms with van der Waals surface area (Å²) in [5.41, 5.74) is 5.08. The molecule has 0 bridgehead atoms. The van der Waals surface area contributed by atoms with Gasteiger partial charge in [-0.3, -0.25) is 0 Å². The normalized spacial score (nSPS) is 13.9. The highest BCUT2D eigenvalue weighted by Crippen LogP contribution is 2.33. The van der Waals surface area contributed by atoms with E-state index in [1.165, 1.54) is 0 Å². The number of pyridine rings is 1. The third-order valence-corrected chi connectivity index (χ3v) is 5.20. The van der Waals surface area contributed by atoms with Crippen LogP contribution in [0.2, 0.25) is 0 Å². The average Bonchev–Trinajstić information content (AvgIpc) is 3.21. The van der Waals surface area contributed by atoms with Crippen LogP contribution in [0.25, 0.3) is 27.7 Å². The minimum absolute atomic E-state index is 0.264. The molecule has 0 unspecified atom stereocenters. The Morgan fingerprint density at radius 1 is 1.33 bits per heavy atom. The molecule has 1 amide bonds. The first-order valence-corrected chi connectivity index (χ1v) is 10.2. The van der Waals surface area contributed by atoms with E-state index in [0.717, 1.165) is 39.7 Å². The maximum Gasteiger partial charge on any atom is 0.410 e. The van der Waals surface area contributed by atoms with Gasteiger partial charge >= 0.3 is 6.09 Å². The molecule has 1 aromatic carbocycles. The van der Waals surface area contributed by atoms with Crippen molar-refractivity contribution < 1.29 is 9.53 Å². The van der Waals surface area contributed by atoms with E-state index < -0.39 is 0 Å². The first kappa shape index (κ1) is 19.7. The van der Waals surface area contributed by atoms with Gasteiger partial charge in [-0.25, -0.2) is 9.78 Å². The van der Waals surface area contributed by atoms with Crippen molar-refractivity contribution in [2.75, 3.05) is 19.7 Å². The minimum atomic E-state index is -0.264. The molecule has 152 valence electrons. The van der Waals surface area contributed by atoms with Gasteiger partial charge in [-0.1, -0.05) is 50.3 Å². The Morgan fingerprint density at radius 3 is 2.80 bits per heavy atom. The number of carbonyl (C=O) groups is 1. The SMILES string of the molecule is CC(C)COC(=O)N1CC=C(c2c[nH]c3c(C#N)nc(-c4ccccc4)cc23)CC1. The van der Waals surface area contributed by atoms with Gasteiger partial charge in [0.1, 0.15) is 6.07 Å². The van der Waals surface area contributed by atoms with Gasteiger partial charge in [-0.05, 0) is 24.0 Å². The molecule has 1 aliphatic heterocycles. The molecule has 3 aromatic rings. The molecule has 30 heavy (non-hydrogen) atoms. The first-order chi connectivity index (χ1) is 14.6. The lowest BCUT2D eigenvalue weighted by molar-refractivity contribution is 0.0954. The molecule has 1 N–H and O–H groups in total. The second-order valence-corrected chi connectivity index (χ2v) is 7.85. The number of nitrogens with zero attached hydrogens (tertiary/aromatic N) is 3. The summed E-state index contributed by atoms with van der Waals surface area (Å²) in [6.45, 7) is 5.59. The molecular weight excluding hydrogens is 376 g/mol. The van der Waals surface area contributed by atoms with E-state index in [4.69, 9.17) is 4.74 Å². The van der Waals surface area contributed by atoms with Crippen LogP contribution in [0.3, 0.4) is 0 Å². The van der Waals surface area contributed by atoms with Crippen LogP contribution in [-0.2, 0) is 4.74 Å². The molecule has 2 aromatic heterocycles. The molecule has 0 fully saturated rings. The van der Waals surface area contributed by atoms with Crippen molar-refractivity contribution >= 4 is 22.6 Å². The molecule has 6 nitrogen and oxygen atoms in total. The number of carbonyl (C=O) groups excluding carboxylic acids is 1. The van der Waals surface area contributed by atoms with Gasteiger partial charge < -0.3 is 14.6 Å². The molecule has 6 heteroatoms. The van der Waals surface area contributed by atoms with Gasteiger partial charge in [0.05, 0.1) is 17.8 Å². The third kappa shape index (κ3) is 3.92. The molecule has 4 rings (SSSR count). The van der Waals surface area contributed by atoms with Crippen molar-refractivity contribution in [3.63, 3.8) is 0 Å². The fourth-order valence-corrected chi connectivity index (χ4v) is 3.64. The predicted octanol–water partition coefficient (Wildman–Crippen LogP) is 4.98. The number of aromatic amines is 1. The number of ether oxygens (including phenoxy) is 1. The van der Waals surface area contributed by atoms with E-state index in [0.29, 0.717) is 31.3 Å². The highest BCUT2D eigenvalue weighted by Gasteiger charge is 2.22. The second kappa shape index (κ2) is 8.42. The van der Waals surface area contributed by atoms with Crippen molar-refractivity contribution in [3.8, 4) is 17.3 Å². The van der Waals surface area contributed by atoms with E-state index in [9.17, 15) is 10.1 Å². The molecule has 3 heterocycles. The summed E-state index contributed by atoms with van der Waals surface area (Å²) < 4.78 is 5.34. The van der Waals surface area contributed by atoms with E-state index in [1.54, 1.807) is 4.90 Å². The van der Waals surface area contributed by atoms with Crippen molar-refractivity contribution in [2.24, 2.45) is 5.92 Å². The van der Waals surface area contributed by atoms with Crippen molar-refractivity contribution in [3.05, 3.63) is 59.9 Å². The zero-order valence-electron chi connectivity index (χ0n) is 17.2. The lowest BCUT2D eigenvalue weighted by atomic mass is 9.98.